The number of benzene rings is 3. The summed E-state index contributed by atoms with van der Waals surface area (Å²) in [6.07, 6.45) is 0. The lowest BCUT2D eigenvalue weighted by atomic mass is 10.1. The average molecular weight is 449 g/mol. The molecule has 29 heavy (non-hydrogen) atoms. The van der Waals surface area contributed by atoms with E-state index in [1.54, 1.807) is 54.6 Å². The lowest BCUT2D eigenvalue weighted by Crippen LogP contribution is -2.41. The molecule has 3 aromatic rings. The fourth-order valence-corrected chi connectivity index (χ4v) is 4.84. The molecule has 1 atom stereocenters. The number of nitrogens with zero attached hydrogens (tertiary/aromatic N) is 1. The molecule has 0 spiro atoms. The van der Waals surface area contributed by atoms with Gasteiger partial charge in [-0.05, 0) is 41.5 Å². The number of halogens is 2. The van der Waals surface area contributed by atoms with E-state index in [1.165, 1.54) is 24.3 Å². The van der Waals surface area contributed by atoms with Crippen molar-refractivity contribution >= 4 is 39.1 Å². The zero-order chi connectivity index (χ0) is 21.0. The van der Waals surface area contributed by atoms with Crippen LogP contribution in [-0.4, -0.2) is 18.6 Å². The molecule has 0 saturated heterocycles. The SMILES string of the molecule is NC(=O)[C@@H](c1ccccc1)N(Cc1ccccc1Cl)S(=O)(=O)c1ccc(Cl)cc1. The molecule has 0 aliphatic rings. The minimum absolute atomic E-state index is 0.00358. The Kier molecular flexibility index (Phi) is 6.59. The van der Waals surface area contributed by atoms with Crippen molar-refractivity contribution in [2.75, 3.05) is 0 Å². The van der Waals surface area contributed by atoms with Gasteiger partial charge in [0, 0.05) is 16.6 Å². The van der Waals surface area contributed by atoms with Crippen molar-refractivity contribution in [1.29, 1.82) is 0 Å². The molecule has 2 N–H and O–H groups in total. The van der Waals surface area contributed by atoms with Gasteiger partial charge in [0.1, 0.15) is 6.04 Å². The molecule has 5 nitrogen and oxygen atoms in total. The number of sulfonamides is 1. The Hall–Kier alpha value is -2.38. The Morgan fingerprint density at radius 1 is 0.897 bits per heavy atom. The van der Waals surface area contributed by atoms with Crippen molar-refractivity contribution in [3.8, 4) is 0 Å². The summed E-state index contributed by atoms with van der Waals surface area (Å²) >= 11 is 12.2. The van der Waals surface area contributed by atoms with E-state index in [0.717, 1.165) is 4.31 Å². The quantitative estimate of drug-likeness (QED) is 0.580. The summed E-state index contributed by atoms with van der Waals surface area (Å²) < 4.78 is 28.1. The third-order valence-electron chi connectivity index (χ3n) is 4.38. The molecule has 8 heteroatoms. The molecule has 0 aliphatic heterocycles. The molecular weight excluding hydrogens is 431 g/mol. The Morgan fingerprint density at radius 3 is 2.07 bits per heavy atom. The molecule has 150 valence electrons. The van der Waals surface area contributed by atoms with Crippen LogP contribution in [0.25, 0.3) is 0 Å². The summed E-state index contributed by atoms with van der Waals surface area (Å²) in [7, 11) is -4.11. The number of primary amides is 1. The van der Waals surface area contributed by atoms with Crippen LogP contribution in [0.3, 0.4) is 0 Å². The van der Waals surface area contributed by atoms with Crippen LogP contribution in [0, 0.1) is 0 Å². The number of hydrogen-bond donors (Lipinski definition) is 1. The van der Waals surface area contributed by atoms with Gasteiger partial charge < -0.3 is 5.73 Å². The van der Waals surface area contributed by atoms with Crippen molar-refractivity contribution in [2.45, 2.75) is 17.5 Å². The van der Waals surface area contributed by atoms with Crippen LogP contribution in [0.2, 0.25) is 10.0 Å². The summed E-state index contributed by atoms with van der Waals surface area (Å²) in [5.41, 5.74) is 6.67. The Labute approximate surface area is 179 Å². The third kappa shape index (κ3) is 4.79. The summed E-state index contributed by atoms with van der Waals surface area (Å²) in [5.74, 6) is -0.791. The summed E-state index contributed by atoms with van der Waals surface area (Å²) in [6, 6.07) is 19.9. The van der Waals surface area contributed by atoms with Gasteiger partial charge in [0.05, 0.1) is 4.90 Å². The van der Waals surface area contributed by atoms with Gasteiger partial charge in [-0.25, -0.2) is 8.42 Å². The van der Waals surface area contributed by atoms with E-state index in [9.17, 15) is 13.2 Å². The maximum atomic E-state index is 13.5. The highest BCUT2D eigenvalue weighted by atomic mass is 35.5. The van der Waals surface area contributed by atoms with Gasteiger partial charge in [-0.2, -0.15) is 4.31 Å². The molecule has 0 bridgehead atoms. The Balaban J connectivity index is 2.16. The predicted molar refractivity (Wildman–Crippen MR) is 114 cm³/mol. The minimum Gasteiger partial charge on any atom is -0.368 e. The Bertz CT molecular complexity index is 1100. The zero-order valence-corrected chi connectivity index (χ0v) is 17.5. The smallest absolute Gasteiger partial charge is 0.244 e. The van der Waals surface area contributed by atoms with Crippen molar-refractivity contribution in [3.63, 3.8) is 0 Å². The average Bonchev–Trinajstić information content (AvgIpc) is 2.70. The van der Waals surface area contributed by atoms with Crippen LogP contribution >= 0.6 is 23.2 Å². The van der Waals surface area contributed by atoms with Crippen LogP contribution in [0.15, 0.2) is 83.8 Å². The Morgan fingerprint density at radius 2 is 1.48 bits per heavy atom. The van der Waals surface area contributed by atoms with E-state index < -0.39 is 22.0 Å². The number of nitrogens with two attached hydrogens (primary N) is 1. The first-order valence-corrected chi connectivity index (χ1v) is 10.9. The van der Waals surface area contributed by atoms with Crippen LogP contribution in [0.1, 0.15) is 17.2 Å². The molecule has 0 heterocycles. The molecule has 3 rings (SSSR count). The van der Waals surface area contributed by atoms with Gasteiger partial charge >= 0.3 is 0 Å². The predicted octanol–water partition coefficient (Wildman–Crippen LogP) is 4.41. The second-order valence-corrected chi connectivity index (χ2v) is 9.05. The standard InChI is InChI=1S/C21H18Cl2N2O3S/c22-17-10-12-18(13-11-17)29(27,28)25(14-16-8-4-5-9-19(16)23)20(21(24)26)15-6-2-1-3-7-15/h1-13,20H,14H2,(H2,24,26)/t20-/m1/s1. The van der Waals surface area contributed by atoms with Gasteiger partial charge in [-0.15, -0.1) is 0 Å². The van der Waals surface area contributed by atoms with Crippen LogP contribution in [0.4, 0.5) is 0 Å². The first-order valence-electron chi connectivity index (χ1n) is 8.66. The van der Waals surface area contributed by atoms with Gasteiger partial charge in [-0.1, -0.05) is 71.7 Å². The lowest BCUT2D eigenvalue weighted by molar-refractivity contribution is -0.122. The molecule has 0 radical (unpaired) electrons. The normalized spacial score (nSPS) is 12.7. The molecular formula is C21H18Cl2N2O3S. The van der Waals surface area contributed by atoms with Gasteiger partial charge in [0.15, 0.2) is 0 Å². The molecule has 3 aromatic carbocycles. The maximum Gasteiger partial charge on any atom is 0.244 e. The highest BCUT2D eigenvalue weighted by Crippen LogP contribution is 2.31. The third-order valence-corrected chi connectivity index (χ3v) is 6.82. The monoisotopic (exact) mass is 448 g/mol. The fraction of sp³-hybridized carbons (Fsp3) is 0.0952. The number of carbonyl (C=O) groups excluding carboxylic acids is 1. The summed E-state index contributed by atoms with van der Waals surface area (Å²) in [5, 5.41) is 0.788. The highest BCUT2D eigenvalue weighted by Gasteiger charge is 2.36. The summed E-state index contributed by atoms with van der Waals surface area (Å²) in [6.45, 7) is -0.132. The van der Waals surface area contributed by atoms with E-state index >= 15 is 0 Å². The zero-order valence-electron chi connectivity index (χ0n) is 15.2. The van der Waals surface area contributed by atoms with Crippen molar-refractivity contribution in [3.05, 3.63) is 100 Å². The van der Waals surface area contributed by atoms with E-state index in [0.29, 0.717) is 21.2 Å². The molecule has 1 amide bonds. The van der Waals surface area contributed by atoms with Crippen LogP contribution < -0.4 is 5.73 Å². The van der Waals surface area contributed by atoms with Crippen molar-refractivity contribution < 1.29 is 13.2 Å². The highest BCUT2D eigenvalue weighted by molar-refractivity contribution is 7.89. The number of hydrogen-bond acceptors (Lipinski definition) is 3. The molecule has 0 unspecified atom stereocenters. The topological polar surface area (TPSA) is 80.5 Å². The first-order chi connectivity index (χ1) is 13.8. The largest absolute Gasteiger partial charge is 0.368 e. The molecule has 0 saturated carbocycles. The van der Waals surface area contributed by atoms with Crippen molar-refractivity contribution in [2.24, 2.45) is 5.73 Å². The summed E-state index contributed by atoms with van der Waals surface area (Å²) in [4.78, 5) is 12.4. The lowest BCUT2D eigenvalue weighted by Gasteiger charge is -2.29. The first kappa shape index (κ1) is 21.3. The number of amides is 1. The van der Waals surface area contributed by atoms with Crippen LogP contribution in [-0.2, 0) is 21.4 Å². The second kappa shape index (κ2) is 8.97. The number of rotatable bonds is 7. The molecule has 0 aliphatic carbocycles. The van der Waals surface area contributed by atoms with Crippen LogP contribution in [0.5, 0.6) is 0 Å². The fourth-order valence-electron chi connectivity index (χ4n) is 2.96. The van der Waals surface area contributed by atoms with Crippen molar-refractivity contribution in [1.82, 2.24) is 4.31 Å². The van der Waals surface area contributed by atoms with E-state index in [1.807, 2.05) is 0 Å². The van der Waals surface area contributed by atoms with Gasteiger partial charge in [0.25, 0.3) is 0 Å². The van der Waals surface area contributed by atoms with E-state index in [4.69, 9.17) is 28.9 Å². The maximum absolute atomic E-state index is 13.5. The molecule has 0 fully saturated rings. The second-order valence-electron chi connectivity index (χ2n) is 6.31. The molecule has 0 aromatic heterocycles. The van der Waals surface area contributed by atoms with E-state index in [-0.39, 0.29) is 11.4 Å². The van der Waals surface area contributed by atoms with Gasteiger partial charge in [-0.3, -0.25) is 4.79 Å². The van der Waals surface area contributed by atoms with Gasteiger partial charge in [0.2, 0.25) is 15.9 Å². The van der Waals surface area contributed by atoms with E-state index in [2.05, 4.69) is 0 Å². The number of carbonyl (C=O) groups is 1. The minimum atomic E-state index is -4.11.